The van der Waals surface area contributed by atoms with Crippen LogP contribution in [0.15, 0.2) is 29.1 Å². The zero-order valence-corrected chi connectivity index (χ0v) is 7.79. The zero-order valence-electron chi connectivity index (χ0n) is 7.79. The normalized spacial score (nSPS) is 10.3. The van der Waals surface area contributed by atoms with E-state index in [0.29, 0.717) is 5.92 Å². The minimum atomic E-state index is 0.128. The van der Waals surface area contributed by atoms with Gasteiger partial charge in [0.15, 0.2) is 5.43 Å². The largest absolute Gasteiger partial charge is 0.290 e. The minimum Gasteiger partial charge on any atom is -0.290 e. The fourth-order valence-electron chi connectivity index (χ4n) is 1.32. The lowest BCUT2D eigenvalue weighted by Crippen LogP contribution is -2.03. The van der Waals surface area contributed by atoms with Gasteiger partial charge in [-0.1, -0.05) is 32.0 Å². The molecule has 0 spiro atoms. The maximum Gasteiger partial charge on any atom is 0.181 e. The second kappa shape index (κ2) is 3.53. The molecular weight excluding hydrogens is 148 g/mol. The first-order valence-electron chi connectivity index (χ1n) is 4.22. The van der Waals surface area contributed by atoms with Gasteiger partial charge in [-0.15, -0.1) is 0 Å². The lowest BCUT2D eigenvalue weighted by molar-refractivity contribution is 0.857. The minimum absolute atomic E-state index is 0.128. The Morgan fingerprint density at radius 3 is 2.33 bits per heavy atom. The van der Waals surface area contributed by atoms with Crippen molar-refractivity contribution in [3.8, 4) is 0 Å². The Morgan fingerprint density at radius 1 is 1.17 bits per heavy atom. The fourth-order valence-corrected chi connectivity index (χ4v) is 1.32. The lowest BCUT2D eigenvalue weighted by Gasteiger charge is -2.04. The second-order valence-electron chi connectivity index (χ2n) is 3.32. The van der Waals surface area contributed by atoms with Crippen molar-refractivity contribution in [1.29, 1.82) is 0 Å². The summed E-state index contributed by atoms with van der Waals surface area (Å²) in [5, 5.41) is 0. The van der Waals surface area contributed by atoms with E-state index >= 15 is 0 Å². The molecule has 0 unspecified atom stereocenters. The summed E-state index contributed by atoms with van der Waals surface area (Å²) in [6.07, 6.45) is 0. The molecule has 0 aromatic heterocycles. The summed E-state index contributed by atoms with van der Waals surface area (Å²) >= 11 is 0. The highest BCUT2D eigenvalue weighted by Crippen LogP contribution is 2.14. The number of hydrogen-bond donors (Lipinski definition) is 0. The van der Waals surface area contributed by atoms with E-state index in [0.717, 1.165) is 11.1 Å². The van der Waals surface area contributed by atoms with Gasteiger partial charge in [-0.05, 0) is 30.0 Å². The molecule has 1 aromatic rings. The van der Waals surface area contributed by atoms with E-state index in [1.54, 1.807) is 12.1 Å². The van der Waals surface area contributed by atoms with Gasteiger partial charge in [0.2, 0.25) is 0 Å². The molecule has 0 heterocycles. The number of hydrogen-bond acceptors (Lipinski definition) is 1. The van der Waals surface area contributed by atoms with Crippen molar-refractivity contribution in [3.05, 3.63) is 45.6 Å². The Bertz CT molecular complexity index is 326. The predicted molar refractivity (Wildman–Crippen MR) is 51.5 cm³/mol. The van der Waals surface area contributed by atoms with Gasteiger partial charge in [0.05, 0.1) is 0 Å². The van der Waals surface area contributed by atoms with Gasteiger partial charge < -0.3 is 0 Å². The molecule has 0 saturated carbocycles. The molecule has 64 valence electrons. The van der Waals surface area contributed by atoms with Gasteiger partial charge in [0.1, 0.15) is 0 Å². The highest BCUT2D eigenvalue weighted by molar-refractivity contribution is 5.26. The Balaban J connectivity index is 3.42. The van der Waals surface area contributed by atoms with Crippen LogP contribution in [0.25, 0.3) is 0 Å². The smallest absolute Gasteiger partial charge is 0.181 e. The van der Waals surface area contributed by atoms with E-state index in [4.69, 9.17) is 0 Å². The topological polar surface area (TPSA) is 17.1 Å². The third kappa shape index (κ3) is 1.73. The van der Waals surface area contributed by atoms with Crippen LogP contribution in [0, 0.1) is 6.92 Å². The lowest BCUT2D eigenvalue weighted by atomic mass is 10.0. The van der Waals surface area contributed by atoms with Crippen molar-refractivity contribution in [3.63, 3.8) is 0 Å². The van der Waals surface area contributed by atoms with Crippen LogP contribution in [-0.2, 0) is 0 Å². The van der Waals surface area contributed by atoms with Crippen molar-refractivity contribution in [2.45, 2.75) is 26.7 Å². The molecule has 0 bridgehead atoms. The predicted octanol–water partition coefficient (Wildman–Crippen LogP) is 2.48. The molecule has 12 heavy (non-hydrogen) atoms. The highest BCUT2D eigenvalue weighted by Gasteiger charge is 2.02. The van der Waals surface area contributed by atoms with E-state index in [-0.39, 0.29) is 5.43 Å². The standard InChI is InChI=1S/C11H14O/c1-8(2)10-6-4-5-7-11(12)9(10)3/h4-8H,1-3H3. The van der Waals surface area contributed by atoms with Crippen molar-refractivity contribution in [2.75, 3.05) is 0 Å². The first-order chi connectivity index (χ1) is 5.63. The maximum atomic E-state index is 11.3. The third-order valence-electron chi connectivity index (χ3n) is 2.06. The van der Waals surface area contributed by atoms with E-state index in [9.17, 15) is 4.79 Å². The number of rotatable bonds is 1. The molecule has 0 aliphatic carbocycles. The fraction of sp³-hybridized carbons (Fsp3) is 0.364. The van der Waals surface area contributed by atoms with Crippen LogP contribution in [0.5, 0.6) is 0 Å². The zero-order chi connectivity index (χ0) is 9.14. The van der Waals surface area contributed by atoms with Crippen LogP contribution in [0.2, 0.25) is 0 Å². The molecule has 0 aliphatic rings. The molecule has 1 heteroatoms. The second-order valence-corrected chi connectivity index (χ2v) is 3.32. The van der Waals surface area contributed by atoms with Gasteiger partial charge in [0.25, 0.3) is 0 Å². The maximum absolute atomic E-state index is 11.3. The van der Waals surface area contributed by atoms with Crippen molar-refractivity contribution >= 4 is 0 Å². The third-order valence-corrected chi connectivity index (χ3v) is 2.06. The van der Waals surface area contributed by atoms with E-state index in [2.05, 4.69) is 13.8 Å². The Kier molecular flexibility index (Phi) is 2.64. The summed E-state index contributed by atoms with van der Waals surface area (Å²) in [7, 11) is 0. The molecule has 0 aliphatic heterocycles. The van der Waals surface area contributed by atoms with Crippen LogP contribution in [0.3, 0.4) is 0 Å². The molecule has 0 fully saturated rings. The first-order valence-corrected chi connectivity index (χ1v) is 4.22. The quantitative estimate of drug-likeness (QED) is 0.620. The monoisotopic (exact) mass is 162 g/mol. The summed E-state index contributed by atoms with van der Waals surface area (Å²) in [6, 6.07) is 7.34. The first kappa shape index (κ1) is 8.98. The molecule has 0 atom stereocenters. The average Bonchev–Trinajstić information content (AvgIpc) is 2.15. The molecule has 0 saturated heterocycles. The SMILES string of the molecule is Cc1c(C(C)C)ccccc1=O. The molecule has 0 amide bonds. The van der Waals surface area contributed by atoms with Crippen LogP contribution in [-0.4, -0.2) is 0 Å². The summed E-state index contributed by atoms with van der Waals surface area (Å²) in [4.78, 5) is 11.3. The van der Waals surface area contributed by atoms with Gasteiger partial charge in [0, 0.05) is 0 Å². The molecule has 0 N–H and O–H groups in total. The van der Waals surface area contributed by atoms with Crippen molar-refractivity contribution in [2.24, 2.45) is 0 Å². The van der Waals surface area contributed by atoms with E-state index in [1.807, 2.05) is 19.1 Å². The summed E-state index contributed by atoms with van der Waals surface area (Å²) < 4.78 is 0. The van der Waals surface area contributed by atoms with Crippen LogP contribution >= 0.6 is 0 Å². The van der Waals surface area contributed by atoms with Crippen LogP contribution in [0.1, 0.15) is 30.9 Å². The molecule has 0 radical (unpaired) electrons. The molecular formula is C11H14O. The van der Waals surface area contributed by atoms with E-state index in [1.165, 1.54) is 0 Å². The van der Waals surface area contributed by atoms with Gasteiger partial charge in [-0.25, -0.2) is 0 Å². The Morgan fingerprint density at radius 2 is 1.75 bits per heavy atom. The van der Waals surface area contributed by atoms with Gasteiger partial charge in [-0.2, -0.15) is 0 Å². The Hall–Kier alpha value is -1.11. The molecule has 1 nitrogen and oxygen atoms in total. The van der Waals surface area contributed by atoms with Crippen molar-refractivity contribution in [1.82, 2.24) is 0 Å². The average molecular weight is 162 g/mol. The summed E-state index contributed by atoms with van der Waals surface area (Å²) in [5.74, 6) is 0.421. The molecule has 1 aromatic carbocycles. The summed E-state index contributed by atoms with van der Waals surface area (Å²) in [5.41, 5.74) is 2.14. The highest BCUT2D eigenvalue weighted by atomic mass is 16.1. The van der Waals surface area contributed by atoms with Gasteiger partial charge in [-0.3, -0.25) is 4.79 Å². The molecule has 1 rings (SSSR count). The van der Waals surface area contributed by atoms with E-state index < -0.39 is 0 Å². The Labute approximate surface area is 73.1 Å². The summed E-state index contributed by atoms with van der Waals surface area (Å²) in [6.45, 7) is 6.08. The van der Waals surface area contributed by atoms with Crippen LogP contribution < -0.4 is 5.43 Å². The van der Waals surface area contributed by atoms with Crippen LogP contribution in [0.4, 0.5) is 0 Å². The van der Waals surface area contributed by atoms with Crippen molar-refractivity contribution < 1.29 is 0 Å². The van der Waals surface area contributed by atoms with Gasteiger partial charge >= 0.3 is 0 Å².